The van der Waals surface area contributed by atoms with E-state index >= 15 is 0 Å². The van der Waals surface area contributed by atoms with Gasteiger partial charge in [0.15, 0.2) is 0 Å². The number of nitrogens with one attached hydrogen (secondary N) is 1. The van der Waals surface area contributed by atoms with Crippen molar-refractivity contribution in [2.45, 2.75) is 26.2 Å². The molecule has 1 aromatic carbocycles. The first kappa shape index (κ1) is 15.0. The van der Waals surface area contributed by atoms with Gasteiger partial charge >= 0.3 is 0 Å². The number of anilines is 1. The van der Waals surface area contributed by atoms with E-state index in [9.17, 15) is 0 Å². The summed E-state index contributed by atoms with van der Waals surface area (Å²) >= 11 is 0. The van der Waals surface area contributed by atoms with Gasteiger partial charge in [-0.15, -0.1) is 0 Å². The molecule has 1 rings (SSSR count). The molecule has 0 saturated carbocycles. The van der Waals surface area contributed by atoms with E-state index in [0.717, 1.165) is 44.9 Å². The van der Waals surface area contributed by atoms with Gasteiger partial charge in [-0.3, -0.25) is 0 Å². The van der Waals surface area contributed by atoms with Crippen molar-refractivity contribution in [1.82, 2.24) is 0 Å². The molecule has 0 bridgehead atoms. The number of aryl methyl sites for hydroxylation is 1. The van der Waals surface area contributed by atoms with Crippen LogP contribution in [0.2, 0.25) is 0 Å². The Kier molecular flexibility index (Phi) is 8.26. The van der Waals surface area contributed by atoms with Crippen LogP contribution < -0.4 is 5.32 Å². The Morgan fingerprint density at radius 2 is 1.83 bits per heavy atom. The number of ether oxygens (including phenoxy) is 2. The predicted octanol–water partition coefficient (Wildman–Crippen LogP) is 3.10. The van der Waals surface area contributed by atoms with E-state index in [0.29, 0.717) is 0 Å². The molecular weight excluding hydrogens is 226 g/mol. The molecule has 1 N–H and O–H groups in total. The first-order chi connectivity index (χ1) is 8.86. The molecule has 18 heavy (non-hydrogen) atoms. The standard InChI is InChI=1S/C15H25NO2/c1-3-5-14-6-8-15(9-7-14)16-10-13-18-12-4-11-17-2/h6-9,16H,3-5,10-13H2,1-2H3. The molecule has 0 amide bonds. The highest BCUT2D eigenvalue weighted by Crippen LogP contribution is 2.10. The Hall–Kier alpha value is -1.06. The molecule has 3 heteroatoms. The maximum Gasteiger partial charge on any atom is 0.0639 e. The van der Waals surface area contributed by atoms with Crippen LogP contribution in [0.3, 0.4) is 0 Å². The van der Waals surface area contributed by atoms with E-state index in [4.69, 9.17) is 9.47 Å². The van der Waals surface area contributed by atoms with Crippen LogP contribution in [0.1, 0.15) is 25.3 Å². The molecule has 0 fully saturated rings. The molecule has 1 aromatic rings. The second kappa shape index (κ2) is 9.92. The van der Waals surface area contributed by atoms with Crippen molar-refractivity contribution in [3.8, 4) is 0 Å². The number of benzene rings is 1. The number of methoxy groups -OCH3 is 1. The third-order valence-electron chi connectivity index (χ3n) is 2.71. The summed E-state index contributed by atoms with van der Waals surface area (Å²) in [6.45, 7) is 5.32. The second-order valence-electron chi connectivity index (χ2n) is 4.33. The molecule has 0 heterocycles. The summed E-state index contributed by atoms with van der Waals surface area (Å²) in [5, 5.41) is 3.35. The summed E-state index contributed by atoms with van der Waals surface area (Å²) in [4.78, 5) is 0. The molecule has 0 atom stereocenters. The lowest BCUT2D eigenvalue weighted by atomic mass is 10.1. The van der Waals surface area contributed by atoms with Crippen LogP contribution in [0.5, 0.6) is 0 Å². The van der Waals surface area contributed by atoms with E-state index < -0.39 is 0 Å². The molecule has 0 unspecified atom stereocenters. The van der Waals surface area contributed by atoms with E-state index in [1.54, 1.807) is 7.11 Å². The monoisotopic (exact) mass is 251 g/mol. The van der Waals surface area contributed by atoms with Gasteiger partial charge in [0.05, 0.1) is 6.61 Å². The van der Waals surface area contributed by atoms with Crippen LogP contribution >= 0.6 is 0 Å². The molecule has 3 nitrogen and oxygen atoms in total. The average Bonchev–Trinajstić information content (AvgIpc) is 2.40. The molecule has 0 aliphatic carbocycles. The van der Waals surface area contributed by atoms with Gasteiger partial charge in [0.1, 0.15) is 0 Å². The highest BCUT2D eigenvalue weighted by atomic mass is 16.5. The van der Waals surface area contributed by atoms with E-state index in [-0.39, 0.29) is 0 Å². The Labute approximate surface area is 110 Å². The van der Waals surface area contributed by atoms with Crippen molar-refractivity contribution >= 4 is 5.69 Å². The van der Waals surface area contributed by atoms with Crippen molar-refractivity contribution in [3.05, 3.63) is 29.8 Å². The lowest BCUT2D eigenvalue weighted by Crippen LogP contribution is -2.10. The van der Waals surface area contributed by atoms with Crippen LogP contribution in [0.25, 0.3) is 0 Å². The van der Waals surface area contributed by atoms with Crippen LogP contribution in [0, 0.1) is 0 Å². The topological polar surface area (TPSA) is 30.5 Å². The molecule has 0 aromatic heterocycles. The summed E-state index contributed by atoms with van der Waals surface area (Å²) in [7, 11) is 1.71. The van der Waals surface area contributed by atoms with Crippen molar-refractivity contribution in [2.24, 2.45) is 0 Å². The summed E-state index contributed by atoms with van der Waals surface area (Å²) in [6.07, 6.45) is 3.31. The van der Waals surface area contributed by atoms with Crippen molar-refractivity contribution < 1.29 is 9.47 Å². The van der Waals surface area contributed by atoms with Gasteiger partial charge in [0.2, 0.25) is 0 Å². The van der Waals surface area contributed by atoms with Crippen molar-refractivity contribution in [3.63, 3.8) is 0 Å². The highest BCUT2D eigenvalue weighted by Gasteiger charge is 1.94. The quantitative estimate of drug-likeness (QED) is 0.648. The Morgan fingerprint density at radius 1 is 1.06 bits per heavy atom. The first-order valence-electron chi connectivity index (χ1n) is 6.76. The zero-order valence-corrected chi connectivity index (χ0v) is 11.6. The molecular formula is C15H25NO2. The first-order valence-corrected chi connectivity index (χ1v) is 6.76. The Balaban J connectivity index is 2.08. The zero-order chi connectivity index (χ0) is 13.1. The zero-order valence-electron chi connectivity index (χ0n) is 11.6. The minimum Gasteiger partial charge on any atom is -0.385 e. The minimum absolute atomic E-state index is 0.737. The lowest BCUT2D eigenvalue weighted by molar-refractivity contribution is 0.109. The summed E-state index contributed by atoms with van der Waals surface area (Å²) < 4.78 is 10.4. The molecule has 0 spiro atoms. The van der Waals surface area contributed by atoms with Crippen LogP contribution in [0.15, 0.2) is 24.3 Å². The maximum atomic E-state index is 5.48. The van der Waals surface area contributed by atoms with Gasteiger partial charge < -0.3 is 14.8 Å². The normalized spacial score (nSPS) is 10.6. The van der Waals surface area contributed by atoms with E-state index in [1.165, 1.54) is 12.0 Å². The third kappa shape index (κ3) is 6.62. The van der Waals surface area contributed by atoms with E-state index in [2.05, 4.69) is 36.5 Å². The smallest absolute Gasteiger partial charge is 0.0639 e. The highest BCUT2D eigenvalue weighted by molar-refractivity contribution is 5.44. The van der Waals surface area contributed by atoms with Gasteiger partial charge in [-0.25, -0.2) is 0 Å². The fraction of sp³-hybridized carbons (Fsp3) is 0.600. The Bertz CT molecular complexity index is 298. The van der Waals surface area contributed by atoms with Crippen LogP contribution in [-0.2, 0) is 15.9 Å². The van der Waals surface area contributed by atoms with Gasteiger partial charge in [-0.1, -0.05) is 25.5 Å². The summed E-state index contributed by atoms with van der Waals surface area (Å²) in [5.74, 6) is 0. The minimum atomic E-state index is 0.737. The largest absolute Gasteiger partial charge is 0.385 e. The predicted molar refractivity (Wildman–Crippen MR) is 76.2 cm³/mol. The molecule has 0 aliphatic heterocycles. The van der Waals surface area contributed by atoms with Crippen molar-refractivity contribution in [1.29, 1.82) is 0 Å². The summed E-state index contributed by atoms with van der Waals surface area (Å²) in [6, 6.07) is 8.64. The van der Waals surface area contributed by atoms with Gasteiger partial charge in [0.25, 0.3) is 0 Å². The fourth-order valence-corrected chi connectivity index (χ4v) is 1.75. The molecule has 0 saturated heterocycles. The number of hydrogen-bond acceptors (Lipinski definition) is 3. The van der Waals surface area contributed by atoms with Gasteiger partial charge in [0, 0.05) is 32.6 Å². The van der Waals surface area contributed by atoms with Crippen LogP contribution in [0.4, 0.5) is 5.69 Å². The van der Waals surface area contributed by atoms with Crippen LogP contribution in [-0.4, -0.2) is 33.5 Å². The average molecular weight is 251 g/mol. The Morgan fingerprint density at radius 3 is 2.50 bits per heavy atom. The SMILES string of the molecule is CCCc1ccc(NCCOCCCOC)cc1. The molecule has 0 radical (unpaired) electrons. The van der Waals surface area contributed by atoms with Gasteiger partial charge in [-0.2, -0.15) is 0 Å². The molecule has 102 valence electrons. The van der Waals surface area contributed by atoms with Crippen molar-refractivity contribution in [2.75, 3.05) is 38.8 Å². The van der Waals surface area contributed by atoms with E-state index in [1.807, 2.05) is 0 Å². The number of hydrogen-bond donors (Lipinski definition) is 1. The summed E-state index contributed by atoms with van der Waals surface area (Å²) in [5.41, 5.74) is 2.56. The number of rotatable bonds is 10. The molecule has 0 aliphatic rings. The third-order valence-corrected chi connectivity index (χ3v) is 2.71. The fourth-order valence-electron chi connectivity index (χ4n) is 1.75. The second-order valence-corrected chi connectivity index (χ2v) is 4.33. The lowest BCUT2D eigenvalue weighted by Gasteiger charge is -2.08. The van der Waals surface area contributed by atoms with Gasteiger partial charge in [-0.05, 0) is 30.5 Å². The maximum absolute atomic E-state index is 5.48.